The van der Waals surface area contributed by atoms with E-state index in [1.807, 2.05) is 30.3 Å². The van der Waals surface area contributed by atoms with Crippen molar-refractivity contribution in [2.75, 3.05) is 13.2 Å². The Hall–Kier alpha value is -2.50. The van der Waals surface area contributed by atoms with Crippen LogP contribution in [0.1, 0.15) is 45.5 Å². The van der Waals surface area contributed by atoms with Gasteiger partial charge < -0.3 is 4.74 Å². The number of carbonyl (C=O) groups is 2. The van der Waals surface area contributed by atoms with E-state index in [-0.39, 0.29) is 11.8 Å². The third kappa shape index (κ3) is 4.32. The number of rotatable bonds is 9. The van der Waals surface area contributed by atoms with Gasteiger partial charge in [-0.15, -0.1) is 5.06 Å². The highest BCUT2D eigenvalue weighted by molar-refractivity contribution is 6.20. The first-order valence-corrected chi connectivity index (χ1v) is 8.50. The molecule has 3 rings (SSSR count). The summed E-state index contributed by atoms with van der Waals surface area (Å²) in [6.07, 6.45) is 2.60. The highest BCUT2D eigenvalue weighted by Crippen LogP contribution is 2.22. The summed E-state index contributed by atoms with van der Waals surface area (Å²) in [5.74, 6) is -0.765. The topological polar surface area (TPSA) is 55.8 Å². The molecule has 0 aliphatic carbocycles. The predicted octanol–water partition coefficient (Wildman–Crippen LogP) is 3.60. The Bertz CT molecular complexity index is 694. The Kier molecular flexibility index (Phi) is 5.93. The monoisotopic (exact) mass is 339 g/mol. The number of benzene rings is 2. The molecule has 0 saturated heterocycles. The Morgan fingerprint density at radius 1 is 0.720 bits per heavy atom. The van der Waals surface area contributed by atoms with Gasteiger partial charge in [0.15, 0.2) is 0 Å². The van der Waals surface area contributed by atoms with Crippen molar-refractivity contribution in [2.45, 2.75) is 25.9 Å². The molecule has 1 aliphatic heterocycles. The quantitative estimate of drug-likeness (QED) is 0.517. The second kappa shape index (κ2) is 8.55. The van der Waals surface area contributed by atoms with Gasteiger partial charge >= 0.3 is 0 Å². The summed E-state index contributed by atoms with van der Waals surface area (Å²) >= 11 is 0. The SMILES string of the molecule is O=C1c2ccccc2C(=O)N1OCCCCCOCc1ccccc1. The lowest BCUT2D eigenvalue weighted by molar-refractivity contribution is -0.0924. The van der Waals surface area contributed by atoms with Crippen molar-refractivity contribution in [1.82, 2.24) is 5.06 Å². The number of hydrogen-bond donors (Lipinski definition) is 0. The molecule has 0 unspecified atom stereocenters. The lowest BCUT2D eigenvalue weighted by Gasteiger charge is -2.13. The largest absolute Gasteiger partial charge is 0.377 e. The van der Waals surface area contributed by atoms with E-state index >= 15 is 0 Å². The average molecular weight is 339 g/mol. The van der Waals surface area contributed by atoms with Crippen LogP contribution in [-0.2, 0) is 16.2 Å². The van der Waals surface area contributed by atoms with Crippen molar-refractivity contribution in [3.05, 3.63) is 71.3 Å². The number of ether oxygens (including phenoxy) is 1. The van der Waals surface area contributed by atoms with E-state index in [1.54, 1.807) is 24.3 Å². The second-order valence-corrected chi connectivity index (χ2v) is 5.88. The highest BCUT2D eigenvalue weighted by Gasteiger charge is 2.36. The number of amides is 2. The van der Waals surface area contributed by atoms with Gasteiger partial charge in [0.1, 0.15) is 0 Å². The molecule has 1 heterocycles. The van der Waals surface area contributed by atoms with Gasteiger partial charge in [-0.3, -0.25) is 14.4 Å². The number of hydroxylamine groups is 2. The van der Waals surface area contributed by atoms with E-state index in [0.29, 0.717) is 30.9 Å². The molecule has 5 nitrogen and oxygen atoms in total. The third-order valence-corrected chi connectivity index (χ3v) is 4.02. The molecule has 2 amide bonds. The van der Waals surface area contributed by atoms with E-state index < -0.39 is 0 Å². The molecule has 1 aliphatic rings. The molecule has 2 aromatic carbocycles. The molecule has 0 spiro atoms. The van der Waals surface area contributed by atoms with Crippen LogP contribution in [0.25, 0.3) is 0 Å². The number of unbranched alkanes of at least 4 members (excludes halogenated alkanes) is 2. The third-order valence-electron chi connectivity index (χ3n) is 4.02. The fourth-order valence-corrected chi connectivity index (χ4v) is 2.69. The van der Waals surface area contributed by atoms with Gasteiger partial charge in [0.25, 0.3) is 11.8 Å². The van der Waals surface area contributed by atoms with Crippen LogP contribution in [0.5, 0.6) is 0 Å². The molecule has 0 fully saturated rings. The molecular formula is C20H21NO4. The van der Waals surface area contributed by atoms with Crippen LogP contribution in [0, 0.1) is 0 Å². The zero-order valence-corrected chi connectivity index (χ0v) is 14.0. The van der Waals surface area contributed by atoms with E-state index in [0.717, 1.165) is 29.9 Å². The van der Waals surface area contributed by atoms with Gasteiger partial charge in [0.2, 0.25) is 0 Å². The van der Waals surface area contributed by atoms with E-state index in [9.17, 15) is 9.59 Å². The lowest BCUT2D eigenvalue weighted by Crippen LogP contribution is -2.30. The van der Waals surface area contributed by atoms with Crippen molar-refractivity contribution in [3.63, 3.8) is 0 Å². The summed E-state index contributed by atoms with van der Waals surface area (Å²) in [5, 5.41) is 0.872. The van der Waals surface area contributed by atoms with E-state index in [2.05, 4.69) is 0 Å². The molecule has 0 N–H and O–H groups in total. The summed E-state index contributed by atoms with van der Waals surface area (Å²) in [7, 11) is 0. The average Bonchev–Trinajstić information content (AvgIpc) is 2.90. The first kappa shape index (κ1) is 17.3. The number of nitrogens with zero attached hydrogens (tertiary/aromatic N) is 1. The fourth-order valence-electron chi connectivity index (χ4n) is 2.69. The maximum Gasteiger partial charge on any atom is 0.285 e. The summed E-state index contributed by atoms with van der Waals surface area (Å²) in [4.78, 5) is 29.6. The smallest absolute Gasteiger partial charge is 0.285 e. The maximum absolute atomic E-state index is 12.1. The number of carbonyl (C=O) groups excluding carboxylic acids is 2. The van der Waals surface area contributed by atoms with Crippen molar-refractivity contribution in [3.8, 4) is 0 Å². The van der Waals surface area contributed by atoms with Gasteiger partial charge in [0, 0.05) is 6.61 Å². The zero-order chi connectivity index (χ0) is 17.5. The van der Waals surface area contributed by atoms with Gasteiger partial charge in [-0.25, -0.2) is 0 Å². The van der Waals surface area contributed by atoms with Gasteiger partial charge in [-0.1, -0.05) is 42.5 Å². The standard InChI is InChI=1S/C20H21NO4/c22-19-17-11-5-6-12-18(17)20(23)21(19)25-14-8-2-7-13-24-15-16-9-3-1-4-10-16/h1,3-6,9-12H,2,7-8,13-15H2. The Labute approximate surface area is 147 Å². The van der Waals surface area contributed by atoms with Crippen LogP contribution >= 0.6 is 0 Å². The molecule has 130 valence electrons. The molecule has 0 saturated carbocycles. The van der Waals surface area contributed by atoms with Crippen LogP contribution < -0.4 is 0 Å². The Morgan fingerprint density at radius 2 is 1.32 bits per heavy atom. The van der Waals surface area contributed by atoms with Crippen molar-refractivity contribution in [2.24, 2.45) is 0 Å². The molecule has 0 atom stereocenters. The van der Waals surface area contributed by atoms with Crippen LogP contribution in [0.2, 0.25) is 0 Å². The van der Waals surface area contributed by atoms with Crippen molar-refractivity contribution < 1.29 is 19.2 Å². The Morgan fingerprint density at radius 3 is 2.00 bits per heavy atom. The minimum Gasteiger partial charge on any atom is -0.377 e. The highest BCUT2D eigenvalue weighted by atomic mass is 16.7. The molecule has 2 aromatic rings. The minimum atomic E-state index is -0.383. The van der Waals surface area contributed by atoms with Gasteiger partial charge in [-0.05, 0) is 37.0 Å². The van der Waals surface area contributed by atoms with Crippen LogP contribution in [0.15, 0.2) is 54.6 Å². The van der Waals surface area contributed by atoms with Crippen molar-refractivity contribution in [1.29, 1.82) is 0 Å². The van der Waals surface area contributed by atoms with Gasteiger partial charge in [0.05, 0.1) is 24.3 Å². The lowest BCUT2D eigenvalue weighted by atomic mass is 10.1. The normalized spacial score (nSPS) is 13.4. The molecule has 0 aromatic heterocycles. The van der Waals surface area contributed by atoms with Crippen LogP contribution in [0.4, 0.5) is 0 Å². The summed E-state index contributed by atoms with van der Waals surface area (Å²) < 4.78 is 5.62. The summed E-state index contributed by atoms with van der Waals surface area (Å²) in [6.45, 7) is 1.64. The zero-order valence-electron chi connectivity index (χ0n) is 14.0. The first-order valence-electron chi connectivity index (χ1n) is 8.50. The number of hydrogen-bond acceptors (Lipinski definition) is 4. The van der Waals surface area contributed by atoms with Crippen LogP contribution in [-0.4, -0.2) is 30.1 Å². The fraction of sp³-hybridized carbons (Fsp3) is 0.300. The molecule has 0 radical (unpaired) electrons. The van der Waals surface area contributed by atoms with Crippen LogP contribution in [0.3, 0.4) is 0 Å². The molecule has 25 heavy (non-hydrogen) atoms. The predicted molar refractivity (Wildman–Crippen MR) is 92.8 cm³/mol. The maximum atomic E-state index is 12.1. The minimum absolute atomic E-state index is 0.337. The second-order valence-electron chi connectivity index (χ2n) is 5.88. The summed E-state index contributed by atoms with van der Waals surface area (Å²) in [6, 6.07) is 16.8. The number of imide groups is 1. The summed E-state index contributed by atoms with van der Waals surface area (Å²) in [5.41, 5.74) is 1.97. The first-order chi connectivity index (χ1) is 12.3. The van der Waals surface area contributed by atoms with Gasteiger partial charge in [-0.2, -0.15) is 0 Å². The van der Waals surface area contributed by atoms with E-state index in [4.69, 9.17) is 9.57 Å². The molecular weight excluding hydrogens is 318 g/mol. The number of fused-ring (bicyclic) bond motifs is 1. The van der Waals surface area contributed by atoms with Crippen molar-refractivity contribution >= 4 is 11.8 Å². The molecule has 5 heteroatoms. The van der Waals surface area contributed by atoms with E-state index in [1.165, 1.54) is 0 Å². The Balaban J connectivity index is 1.29. The molecule has 0 bridgehead atoms.